The van der Waals surface area contributed by atoms with Gasteiger partial charge in [0.05, 0.1) is 29.3 Å². The van der Waals surface area contributed by atoms with Gasteiger partial charge in [-0.25, -0.2) is 0 Å². The minimum absolute atomic E-state index is 0.0126. The molecule has 0 aliphatic carbocycles. The highest BCUT2D eigenvalue weighted by Crippen LogP contribution is 2.31. The Morgan fingerprint density at radius 1 is 1.06 bits per heavy atom. The van der Waals surface area contributed by atoms with Gasteiger partial charge in [-0.05, 0) is 42.7 Å². The Morgan fingerprint density at radius 3 is 2.31 bits per heavy atom. The first kappa shape index (κ1) is 20.2. The molecule has 2 aromatic rings. The molecule has 0 atom stereocenters. The van der Waals surface area contributed by atoms with Crippen molar-refractivity contribution in [3.8, 4) is 5.75 Å². The molecular formula is C24H23N3O5. The molecule has 8 nitrogen and oxygen atoms in total. The first-order valence-corrected chi connectivity index (χ1v) is 10.7. The lowest BCUT2D eigenvalue weighted by atomic mass is 10.0. The highest BCUT2D eigenvalue weighted by molar-refractivity contribution is 6.21. The van der Waals surface area contributed by atoms with Crippen LogP contribution < -0.4 is 0 Å². The van der Waals surface area contributed by atoms with E-state index in [0.717, 1.165) is 17.9 Å². The van der Waals surface area contributed by atoms with Crippen LogP contribution in [0.25, 0.3) is 0 Å². The van der Waals surface area contributed by atoms with E-state index in [1.165, 1.54) is 0 Å². The van der Waals surface area contributed by atoms with E-state index in [2.05, 4.69) is 0 Å². The van der Waals surface area contributed by atoms with Crippen LogP contribution in [0.1, 0.15) is 55.0 Å². The number of hydrogen-bond donors (Lipinski definition) is 1. The van der Waals surface area contributed by atoms with Crippen LogP contribution in [-0.2, 0) is 11.3 Å². The lowest BCUT2D eigenvalue weighted by molar-refractivity contribution is -0.132. The number of carbonyl (C=O) groups is 4. The summed E-state index contributed by atoms with van der Waals surface area (Å²) in [6, 6.07) is 9.92. The third kappa shape index (κ3) is 3.14. The highest BCUT2D eigenvalue weighted by Gasteiger charge is 2.40. The second-order valence-corrected chi connectivity index (χ2v) is 8.61. The maximum atomic E-state index is 13.1. The number of fused-ring (bicyclic) bond motifs is 1. The van der Waals surface area contributed by atoms with E-state index >= 15 is 0 Å². The molecule has 1 N–H and O–H groups in total. The second kappa shape index (κ2) is 7.47. The van der Waals surface area contributed by atoms with Gasteiger partial charge in [-0.15, -0.1) is 0 Å². The molecule has 0 aromatic heterocycles. The predicted octanol–water partition coefficient (Wildman–Crippen LogP) is 1.94. The van der Waals surface area contributed by atoms with Crippen molar-refractivity contribution in [2.45, 2.75) is 32.4 Å². The van der Waals surface area contributed by atoms with Crippen molar-refractivity contribution in [2.75, 3.05) is 19.6 Å². The second-order valence-electron chi connectivity index (χ2n) is 8.61. The third-order valence-corrected chi connectivity index (χ3v) is 6.51. The van der Waals surface area contributed by atoms with Crippen molar-refractivity contribution in [2.24, 2.45) is 0 Å². The van der Waals surface area contributed by atoms with E-state index in [1.54, 1.807) is 48.2 Å². The van der Waals surface area contributed by atoms with Gasteiger partial charge in [-0.3, -0.25) is 24.1 Å². The summed E-state index contributed by atoms with van der Waals surface area (Å²) in [5, 5.41) is 10.5. The number of hydrogen-bond acceptors (Lipinski definition) is 5. The molecule has 4 amide bonds. The Labute approximate surface area is 185 Å². The molecule has 0 bridgehead atoms. The first-order valence-electron chi connectivity index (χ1n) is 10.7. The average Bonchev–Trinajstić information content (AvgIpc) is 3.26. The average molecular weight is 433 g/mol. The fourth-order valence-corrected chi connectivity index (χ4v) is 4.72. The van der Waals surface area contributed by atoms with Gasteiger partial charge in [0, 0.05) is 26.1 Å². The zero-order valence-corrected chi connectivity index (χ0v) is 17.7. The number of aryl methyl sites for hydroxylation is 1. The Morgan fingerprint density at radius 2 is 1.72 bits per heavy atom. The Hall–Kier alpha value is -3.68. The molecule has 3 aliphatic rings. The Kier molecular flexibility index (Phi) is 4.73. The number of phenolic OH excluding ortho intramolecular Hbond substituents is 1. The van der Waals surface area contributed by atoms with Crippen LogP contribution in [-0.4, -0.2) is 69.1 Å². The predicted molar refractivity (Wildman–Crippen MR) is 114 cm³/mol. The molecule has 2 saturated heterocycles. The van der Waals surface area contributed by atoms with Crippen molar-refractivity contribution in [1.29, 1.82) is 0 Å². The van der Waals surface area contributed by atoms with E-state index in [-0.39, 0.29) is 47.5 Å². The van der Waals surface area contributed by atoms with Gasteiger partial charge < -0.3 is 14.9 Å². The Balaban J connectivity index is 1.34. The number of amides is 4. The van der Waals surface area contributed by atoms with E-state index < -0.39 is 0 Å². The molecule has 3 heterocycles. The number of likely N-dealkylation sites (tertiary alicyclic amines) is 2. The minimum atomic E-state index is -0.370. The maximum absolute atomic E-state index is 13.1. The molecule has 0 radical (unpaired) electrons. The van der Waals surface area contributed by atoms with Gasteiger partial charge in [0.2, 0.25) is 5.91 Å². The molecule has 8 heteroatoms. The Bertz CT molecular complexity index is 1130. The van der Waals surface area contributed by atoms with E-state index in [1.807, 2.05) is 4.90 Å². The lowest BCUT2D eigenvalue weighted by Crippen LogP contribution is -2.61. The molecule has 32 heavy (non-hydrogen) atoms. The molecule has 0 unspecified atom stereocenters. The SMILES string of the molecule is Cc1cc(CN2C(=O)c3ccccc3C2=O)cc(C(=O)N2CC(N3CCCC3=O)C2)c1O. The lowest BCUT2D eigenvalue weighted by Gasteiger charge is -2.44. The summed E-state index contributed by atoms with van der Waals surface area (Å²) in [7, 11) is 0. The number of phenols is 1. The molecular weight excluding hydrogens is 410 g/mol. The summed E-state index contributed by atoms with van der Waals surface area (Å²) in [6.45, 7) is 3.29. The number of nitrogens with zero attached hydrogens (tertiary/aromatic N) is 3. The topological polar surface area (TPSA) is 98.2 Å². The van der Waals surface area contributed by atoms with E-state index in [4.69, 9.17) is 0 Å². The van der Waals surface area contributed by atoms with Crippen molar-refractivity contribution >= 4 is 23.6 Å². The molecule has 164 valence electrons. The zero-order chi connectivity index (χ0) is 22.6. The van der Waals surface area contributed by atoms with Crippen molar-refractivity contribution in [3.05, 3.63) is 64.2 Å². The summed E-state index contributed by atoms with van der Waals surface area (Å²) in [6.07, 6.45) is 1.41. The van der Waals surface area contributed by atoms with Crippen LogP contribution in [0, 0.1) is 6.92 Å². The van der Waals surface area contributed by atoms with Crippen molar-refractivity contribution in [3.63, 3.8) is 0 Å². The largest absolute Gasteiger partial charge is 0.507 e. The van der Waals surface area contributed by atoms with Gasteiger partial charge >= 0.3 is 0 Å². The summed E-state index contributed by atoms with van der Waals surface area (Å²) in [5.74, 6) is -1.04. The molecule has 0 spiro atoms. The van der Waals surface area contributed by atoms with E-state index in [0.29, 0.717) is 41.8 Å². The molecule has 3 aliphatic heterocycles. The minimum Gasteiger partial charge on any atom is -0.507 e. The highest BCUT2D eigenvalue weighted by atomic mass is 16.3. The van der Waals surface area contributed by atoms with Crippen LogP contribution >= 0.6 is 0 Å². The van der Waals surface area contributed by atoms with Crippen LogP contribution in [0.15, 0.2) is 36.4 Å². The third-order valence-electron chi connectivity index (χ3n) is 6.51. The summed E-state index contributed by atoms with van der Waals surface area (Å²) in [5.41, 5.74) is 1.96. The van der Waals surface area contributed by atoms with Gasteiger partial charge in [0.15, 0.2) is 0 Å². The normalized spacial score (nSPS) is 18.4. The zero-order valence-electron chi connectivity index (χ0n) is 17.7. The molecule has 2 aromatic carbocycles. The van der Waals surface area contributed by atoms with Gasteiger partial charge in [0.1, 0.15) is 5.75 Å². The van der Waals surface area contributed by atoms with Crippen LogP contribution in [0.5, 0.6) is 5.75 Å². The number of rotatable bonds is 4. The summed E-state index contributed by atoms with van der Waals surface area (Å²) < 4.78 is 0. The van der Waals surface area contributed by atoms with Gasteiger partial charge in [0.25, 0.3) is 17.7 Å². The molecule has 5 rings (SSSR count). The molecule has 0 saturated carbocycles. The summed E-state index contributed by atoms with van der Waals surface area (Å²) in [4.78, 5) is 54.9. The number of imide groups is 1. The standard InChI is InChI=1S/C24H23N3O5/c1-14-9-15(11-27-23(31)17-5-2-3-6-18(17)24(27)32)10-19(21(14)29)22(30)25-12-16(13-25)26-8-4-7-20(26)28/h2-3,5-6,9-10,16,29H,4,7-8,11-13H2,1H3. The van der Waals surface area contributed by atoms with Crippen LogP contribution in [0.3, 0.4) is 0 Å². The van der Waals surface area contributed by atoms with Crippen molar-refractivity contribution < 1.29 is 24.3 Å². The van der Waals surface area contributed by atoms with Crippen LogP contribution in [0.2, 0.25) is 0 Å². The summed E-state index contributed by atoms with van der Waals surface area (Å²) >= 11 is 0. The fraction of sp³-hybridized carbons (Fsp3) is 0.333. The fourth-order valence-electron chi connectivity index (χ4n) is 4.72. The number of aromatic hydroxyl groups is 1. The number of benzene rings is 2. The maximum Gasteiger partial charge on any atom is 0.261 e. The van der Waals surface area contributed by atoms with E-state index in [9.17, 15) is 24.3 Å². The van der Waals surface area contributed by atoms with Gasteiger partial charge in [-0.1, -0.05) is 18.2 Å². The first-order chi connectivity index (χ1) is 15.3. The van der Waals surface area contributed by atoms with Gasteiger partial charge in [-0.2, -0.15) is 0 Å². The van der Waals surface area contributed by atoms with Crippen molar-refractivity contribution in [1.82, 2.24) is 14.7 Å². The molecule has 2 fully saturated rings. The smallest absolute Gasteiger partial charge is 0.261 e. The van der Waals surface area contributed by atoms with Crippen LogP contribution in [0.4, 0.5) is 0 Å². The quantitative estimate of drug-likeness (QED) is 0.744. The monoisotopic (exact) mass is 433 g/mol. The number of carbonyl (C=O) groups excluding carboxylic acids is 4.